The van der Waals surface area contributed by atoms with Gasteiger partial charge >= 0.3 is 0 Å². The van der Waals surface area contributed by atoms with E-state index in [1.54, 1.807) is 25.4 Å². The SMILES string of the molecule is C=C1CCCCN1.C=Cc1ccnn1CC.CNC(c1cnc(/N=C(\C(C)=N)N2CC3CC(C2)N3C)[nH]1)C1CCC(F)(F)CC1. The van der Waals surface area contributed by atoms with Crippen LogP contribution in [0.2, 0.25) is 0 Å². The van der Waals surface area contributed by atoms with Crippen molar-refractivity contribution in [3.05, 3.63) is 48.7 Å². The molecule has 45 heavy (non-hydrogen) atoms. The van der Waals surface area contributed by atoms with Crippen LogP contribution in [0.3, 0.4) is 0 Å². The lowest BCUT2D eigenvalue weighted by atomic mass is 9.81. The molecule has 5 aliphatic rings. The maximum absolute atomic E-state index is 13.5. The Balaban J connectivity index is 0.000000234. The van der Waals surface area contributed by atoms with Crippen molar-refractivity contribution in [2.75, 3.05) is 33.7 Å². The first-order valence-corrected chi connectivity index (χ1v) is 16.3. The number of piperazine rings is 1. The molecule has 12 heteroatoms. The lowest BCUT2D eigenvalue weighted by Crippen LogP contribution is -2.68. The maximum Gasteiger partial charge on any atom is 0.248 e. The molecule has 0 spiro atoms. The van der Waals surface area contributed by atoms with Gasteiger partial charge in [-0.15, -0.1) is 0 Å². The zero-order chi connectivity index (χ0) is 32.6. The highest BCUT2D eigenvalue weighted by Gasteiger charge is 2.43. The molecular formula is C33H52F2N10. The van der Waals surface area contributed by atoms with Gasteiger partial charge in [0.25, 0.3) is 0 Å². The number of hydrogen-bond donors (Lipinski definition) is 4. The van der Waals surface area contributed by atoms with Crippen LogP contribution in [-0.4, -0.2) is 92.8 Å². The Bertz CT molecular complexity index is 1280. The molecule has 7 rings (SSSR count). The summed E-state index contributed by atoms with van der Waals surface area (Å²) in [6.07, 6.45) is 11.2. The van der Waals surface area contributed by atoms with Gasteiger partial charge in [-0.1, -0.05) is 13.2 Å². The number of aromatic nitrogens is 4. The van der Waals surface area contributed by atoms with E-state index in [9.17, 15) is 8.78 Å². The number of imidazole rings is 1. The Kier molecular flexibility index (Phi) is 12.1. The Morgan fingerprint density at radius 3 is 2.47 bits per heavy atom. The van der Waals surface area contributed by atoms with Crippen molar-refractivity contribution in [1.82, 2.24) is 40.2 Å². The first-order chi connectivity index (χ1) is 21.5. The largest absolute Gasteiger partial charge is 0.389 e. The zero-order valence-corrected chi connectivity index (χ0v) is 27.5. The van der Waals surface area contributed by atoms with Crippen LogP contribution in [0.15, 0.2) is 42.3 Å². The summed E-state index contributed by atoms with van der Waals surface area (Å²) in [5, 5.41) is 18.7. The van der Waals surface area contributed by atoms with Crippen molar-refractivity contribution in [3.8, 4) is 0 Å². The number of hydrogen-bond acceptors (Lipinski definition) is 7. The van der Waals surface area contributed by atoms with Crippen LogP contribution in [0.4, 0.5) is 14.7 Å². The third kappa shape index (κ3) is 9.09. The van der Waals surface area contributed by atoms with Crippen LogP contribution in [-0.2, 0) is 6.54 Å². The molecule has 2 bridgehead atoms. The molecule has 248 valence electrons. The molecule has 6 heterocycles. The van der Waals surface area contributed by atoms with E-state index < -0.39 is 5.92 Å². The van der Waals surface area contributed by atoms with Gasteiger partial charge in [0.15, 0.2) is 5.84 Å². The summed E-state index contributed by atoms with van der Waals surface area (Å²) in [4.78, 5) is 16.9. The van der Waals surface area contributed by atoms with Crippen molar-refractivity contribution in [2.45, 2.75) is 95.8 Å². The fourth-order valence-electron chi connectivity index (χ4n) is 6.64. The van der Waals surface area contributed by atoms with Crippen molar-refractivity contribution in [1.29, 1.82) is 5.41 Å². The van der Waals surface area contributed by atoms with Crippen molar-refractivity contribution in [2.24, 2.45) is 10.9 Å². The van der Waals surface area contributed by atoms with E-state index in [0.29, 0.717) is 42.4 Å². The number of aromatic amines is 1. The average molecular weight is 627 g/mol. The van der Waals surface area contributed by atoms with Gasteiger partial charge in [-0.25, -0.2) is 13.8 Å². The Hall–Kier alpha value is -3.38. The van der Waals surface area contributed by atoms with Crippen LogP contribution in [0.5, 0.6) is 0 Å². The Morgan fingerprint density at radius 1 is 1.27 bits per heavy atom. The number of piperidine rings is 2. The van der Waals surface area contributed by atoms with Gasteiger partial charge in [0.05, 0.1) is 29.3 Å². The highest BCUT2D eigenvalue weighted by atomic mass is 19.3. The second kappa shape index (κ2) is 15.8. The topological polar surface area (TPSA) is 113 Å². The predicted molar refractivity (Wildman–Crippen MR) is 178 cm³/mol. The van der Waals surface area contributed by atoms with E-state index in [0.717, 1.165) is 37.6 Å². The van der Waals surface area contributed by atoms with E-state index >= 15 is 0 Å². The van der Waals surface area contributed by atoms with Gasteiger partial charge < -0.3 is 25.9 Å². The van der Waals surface area contributed by atoms with Crippen LogP contribution in [0.25, 0.3) is 6.08 Å². The second-order valence-electron chi connectivity index (χ2n) is 12.6. The minimum atomic E-state index is -2.53. The first-order valence-electron chi connectivity index (χ1n) is 16.3. The van der Waals surface area contributed by atoms with Gasteiger partial charge in [0.2, 0.25) is 11.9 Å². The molecule has 10 nitrogen and oxygen atoms in total. The number of likely N-dealkylation sites (N-methyl/N-ethyl adjacent to an activating group) is 1. The number of alkyl halides is 2. The van der Waals surface area contributed by atoms with Gasteiger partial charge in [0, 0.05) is 63.0 Å². The molecule has 1 saturated carbocycles. The van der Waals surface area contributed by atoms with Crippen LogP contribution in [0.1, 0.15) is 82.6 Å². The predicted octanol–water partition coefficient (Wildman–Crippen LogP) is 5.77. The molecule has 0 aromatic carbocycles. The number of aliphatic imine (C=N–C) groups is 1. The average Bonchev–Trinajstić information content (AvgIpc) is 3.71. The first kappa shape index (κ1) is 34.5. The fraction of sp³-hybridized carbons (Fsp3) is 0.636. The van der Waals surface area contributed by atoms with Crippen LogP contribution < -0.4 is 10.6 Å². The number of H-pyrrole nitrogens is 1. The van der Waals surface area contributed by atoms with E-state index in [-0.39, 0.29) is 24.8 Å². The van der Waals surface area contributed by atoms with Gasteiger partial charge in [-0.2, -0.15) is 10.1 Å². The summed E-state index contributed by atoms with van der Waals surface area (Å²) >= 11 is 0. The molecule has 2 aromatic heterocycles. The number of fused-ring (bicyclic) bond motifs is 2. The van der Waals surface area contributed by atoms with Crippen molar-refractivity contribution < 1.29 is 8.78 Å². The number of amidine groups is 1. The molecule has 4 aliphatic heterocycles. The molecule has 0 amide bonds. The minimum Gasteiger partial charge on any atom is -0.389 e. The highest BCUT2D eigenvalue weighted by Crippen LogP contribution is 2.41. The molecular weight excluding hydrogens is 574 g/mol. The number of nitrogens with zero attached hydrogens (tertiary/aromatic N) is 6. The molecule has 3 unspecified atom stereocenters. The summed E-state index contributed by atoms with van der Waals surface area (Å²) in [6.45, 7) is 15.1. The Labute approximate surface area is 267 Å². The molecule has 3 atom stereocenters. The lowest BCUT2D eigenvalue weighted by Gasteiger charge is -2.55. The zero-order valence-electron chi connectivity index (χ0n) is 27.5. The number of allylic oxidation sites excluding steroid dienone is 1. The number of halogens is 2. The highest BCUT2D eigenvalue weighted by molar-refractivity contribution is 6.39. The molecule has 0 radical (unpaired) electrons. The quantitative estimate of drug-likeness (QED) is 0.229. The summed E-state index contributed by atoms with van der Waals surface area (Å²) in [5.41, 5.74) is 3.58. The second-order valence-corrected chi connectivity index (χ2v) is 12.6. The smallest absolute Gasteiger partial charge is 0.248 e. The molecule has 5 fully saturated rings. The standard InChI is InChI=1S/C20H31F2N7.C7H10N2.C6H11N/c1-12(23)18(29-10-14-8-15(11-29)28(14)3)27-19-25-9-16(26-19)17(24-2)13-4-6-20(21,22)7-5-13;1-3-7-5-6-8-9(7)4-2;1-6-4-2-3-5-7-6/h9,13-15,17,23-24H,4-8,10-11H2,1-3H3,(H,25,26);3,5-6H,1,4H2,2H3;7H,1-5H2/b23-12?,27-18+;;. The molecule has 4 N–H and O–H groups in total. The summed E-state index contributed by atoms with van der Waals surface area (Å²) in [5.74, 6) is -1.26. The van der Waals surface area contributed by atoms with Crippen LogP contribution in [0, 0.1) is 11.3 Å². The van der Waals surface area contributed by atoms with E-state index in [4.69, 9.17) is 5.41 Å². The van der Waals surface area contributed by atoms with Crippen LogP contribution >= 0.6 is 0 Å². The van der Waals surface area contributed by atoms with E-state index in [1.807, 2.05) is 17.8 Å². The normalized spacial score (nSPS) is 23.8. The lowest BCUT2D eigenvalue weighted by molar-refractivity contribution is -0.0496. The maximum atomic E-state index is 13.5. The van der Waals surface area contributed by atoms with Gasteiger partial charge in [-0.05, 0) is 84.5 Å². The van der Waals surface area contributed by atoms with Gasteiger partial charge in [-0.3, -0.25) is 9.58 Å². The number of nitrogens with one attached hydrogen (secondary N) is 4. The third-order valence-electron chi connectivity index (χ3n) is 9.40. The summed E-state index contributed by atoms with van der Waals surface area (Å²) in [6, 6.07) is 2.95. The molecule has 4 saturated heterocycles. The van der Waals surface area contributed by atoms with Crippen molar-refractivity contribution >= 4 is 23.6 Å². The fourth-order valence-corrected chi connectivity index (χ4v) is 6.64. The third-order valence-corrected chi connectivity index (χ3v) is 9.40. The van der Waals surface area contributed by atoms with Gasteiger partial charge in [0.1, 0.15) is 0 Å². The minimum absolute atomic E-state index is 0.0524. The monoisotopic (exact) mass is 626 g/mol. The summed E-state index contributed by atoms with van der Waals surface area (Å²) in [7, 11) is 4.01. The molecule has 2 aromatic rings. The van der Waals surface area contributed by atoms with Crippen molar-refractivity contribution in [3.63, 3.8) is 0 Å². The van der Waals surface area contributed by atoms with E-state index in [1.165, 1.54) is 31.4 Å². The Morgan fingerprint density at radius 2 is 1.98 bits per heavy atom. The van der Waals surface area contributed by atoms with E-state index in [2.05, 4.69) is 67.6 Å². The summed E-state index contributed by atoms with van der Waals surface area (Å²) < 4.78 is 28.9. The number of rotatable bonds is 7. The number of aryl methyl sites for hydroxylation is 1. The molecule has 1 aliphatic carbocycles.